The lowest BCUT2D eigenvalue weighted by molar-refractivity contribution is 0.317. The van der Waals surface area contributed by atoms with Gasteiger partial charge in [-0.1, -0.05) is 55.5 Å². The van der Waals surface area contributed by atoms with Gasteiger partial charge in [0.1, 0.15) is 16.5 Å². The highest BCUT2D eigenvalue weighted by Gasteiger charge is 2.07. The van der Waals surface area contributed by atoms with Crippen LogP contribution >= 0.6 is 11.3 Å². The molecule has 0 spiro atoms. The van der Waals surface area contributed by atoms with Gasteiger partial charge < -0.3 is 9.47 Å². The first-order valence-corrected chi connectivity index (χ1v) is 10.5. The number of nitrogens with zero attached hydrogens (tertiary/aromatic N) is 1. The minimum Gasteiger partial charge on any atom is -0.497 e. The second kappa shape index (κ2) is 8.93. The second-order valence-corrected chi connectivity index (χ2v) is 7.76. The fraction of sp³-hybridized carbons (Fsp3) is 0.160. The molecule has 146 valence electrons. The van der Waals surface area contributed by atoms with Gasteiger partial charge >= 0.3 is 0 Å². The van der Waals surface area contributed by atoms with Gasteiger partial charge in [0.2, 0.25) is 0 Å². The SMILES string of the molecule is CCCOc1ccc(C=Cc2ccc(-c3nc4ccc(OC)cc4s3)cc2)cc1. The molecule has 0 atom stereocenters. The van der Waals surface area contributed by atoms with E-state index in [1.807, 2.05) is 30.3 Å². The third kappa shape index (κ3) is 4.66. The highest BCUT2D eigenvalue weighted by molar-refractivity contribution is 7.21. The van der Waals surface area contributed by atoms with Crippen molar-refractivity contribution in [3.8, 4) is 22.1 Å². The molecule has 0 aliphatic rings. The summed E-state index contributed by atoms with van der Waals surface area (Å²) in [5, 5.41) is 1.02. The summed E-state index contributed by atoms with van der Waals surface area (Å²) >= 11 is 1.68. The van der Waals surface area contributed by atoms with Crippen molar-refractivity contribution in [2.24, 2.45) is 0 Å². The lowest BCUT2D eigenvalue weighted by atomic mass is 10.1. The maximum absolute atomic E-state index is 5.63. The summed E-state index contributed by atoms with van der Waals surface area (Å²) < 4.78 is 12.1. The fourth-order valence-corrected chi connectivity index (χ4v) is 3.98. The molecule has 29 heavy (non-hydrogen) atoms. The number of thiazole rings is 1. The van der Waals surface area contributed by atoms with Crippen LogP contribution in [-0.4, -0.2) is 18.7 Å². The molecule has 0 amide bonds. The molecule has 4 rings (SSSR count). The third-order valence-electron chi connectivity index (χ3n) is 4.57. The molecule has 0 saturated heterocycles. The molecule has 0 aliphatic carbocycles. The van der Waals surface area contributed by atoms with Crippen molar-refractivity contribution in [3.05, 3.63) is 77.9 Å². The van der Waals surface area contributed by atoms with Crippen LogP contribution in [0.4, 0.5) is 0 Å². The average Bonchev–Trinajstić information content (AvgIpc) is 3.20. The molecule has 4 aromatic rings. The van der Waals surface area contributed by atoms with Gasteiger partial charge in [0.25, 0.3) is 0 Å². The Morgan fingerprint density at radius 1 is 0.862 bits per heavy atom. The summed E-state index contributed by atoms with van der Waals surface area (Å²) in [5.41, 5.74) is 4.43. The van der Waals surface area contributed by atoms with E-state index in [2.05, 4.69) is 55.5 Å². The molecule has 0 aliphatic heterocycles. The number of benzene rings is 3. The molecule has 0 N–H and O–H groups in total. The first kappa shape index (κ1) is 19.2. The molecule has 0 unspecified atom stereocenters. The molecule has 4 heteroatoms. The first-order valence-electron chi connectivity index (χ1n) is 9.71. The smallest absolute Gasteiger partial charge is 0.124 e. The Bertz CT molecular complexity index is 1110. The van der Waals surface area contributed by atoms with Gasteiger partial charge in [-0.3, -0.25) is 0 Å². The maximum atomic E-state index is 5.63. The normalized spacial score (nSPS) is 11.2. The zero-order valence-corrected chi connectivity index (χ0v) is 17.4. The van der Waals surface area contributed by atoms with E-state index in [9.17, 15) is 0 Å². The predicted octanol–water partition coefficient (Wildman–Crippen LogP) is 6.93. The van der Waals surface area contributed by atoms with Gasteiger partial charge in [0.15, 0.2) is 0 Å². The largest absolute Gasteiger partial charge is 0.497 e. The molecular weight excluding hydrogens is 378 g/mol. The average molecular weight is 402 g/mol. The van der Waals surface area contributed by atoms with Crippen LogP contribution in [0.2, 0.25) is 0 Å². The molecule has 1 heterocycles. The van der Waals surface area contributed by atoms with Crippen molar-refractivity contribution in [1.82, 2.24) is 4.98 Å². The van der Waals surface area contributed by atoms with Gasteiger partial charge in [-0.15, -0.1) is 11.3 Å². The number of fused-ring (bicyclic) bond motifs is 1. The van der Waals surface area contributed by atoms with Gasteiger partial charge in [0.05, 0.1) is 23.9 Å². The summed E-state index contributed by atoms with van der Waals surface area (Å²) in [5.74, 6) is 1.78. The number of methoxy groups -OCH3 is 1. The molecule has 3 aromatic carbocycles. The molecule has 1 aromatic heterocycles. The fourth-order valence-electron chi connectivity index (χ4n) is 2.98. The third-order valence-corrected chi connectivity index (χ3v) is 5.64. The standard InChI is InChI=1S/C25H23NO2S/c1-3-16-28-21-12-8-19(9-13-21)5-4-18-6-10-20(11-7-18)25-26-23-15-14-22(27-2)17-24(23)29-25/h4-15,17H,3,16H2,1-2H3. The Balaban J connectivity index is 1.47. The Labute approximate surface area is 175 Å². The molecule has 0 fully saturated rings. The van der Waals surface area contributed by atoms with E-state index in [4.69, 9.17) is 14.5 Å². The molecule has 0 bridgehead atoms. The van der Waals surface area contributed by atoms with Crippen LogP contribution in [0.5, 0.6) is 11.5 Å². The lowest BCUT2D eigenvalue weighted by Gasteiger charge is -2.04. The number of rotatable bonds is 7. The van der Waals surface area contributed by atoms with Crippen molar-refractivity contribution in [1.29, 1.82) is 0 Å². The van der Waals surface area contributed by atoms with Crippen molar-refractivity contribution in [2.45, 2.75) is 13.3 Å². The van der Waals surface area contributed by atoms with E-state index in [0.717, 1.165) is 56.4 Å². The quantitative estimate of drug-likeness (QED) is 0.315. The van der Waals surface area contributed by atoms with Crippen molar-refractivity contribution < 1.29 is 9.47 Å². The summed E-state index contributed by atoms with van der Waals surface area (Å²) in [6, 6.07) is 22.6. The van der Waals surface area contributed by atoms with Crippen LogP contribution in [-0.2, 0) is 0 Å². The van der Waals surface area contributed by atoms with Gasteiger partial charge in [-0.25, -0.2) is 4.98 Å². The lowest BCUT2D eigenvalue weighted by Crippen LogP contribution is -1.94. The van der Waals surface area contributed by atoms with E-state index in [1.165, 1.54) is 0 Å². The Morgan fingerprint density at radius 2 is 1.52 bits per heavy atom. The van der Waals surface area contributed by atoms with E-state index in [-0.39, 0.29) is 0 Å². The minimum atomic E-state index is 0.754. The summed E-state index contributed by atoms with van der Waals surface area (Å²) in [4.78, 5) is 4.74. The van der Waals surface area contributed by atoms with E-state index in [0.29, 0.717) is 0 Å². The van der Waals surface area contributed by atoms with Crippen LogP contribution in [0, 0.1) is 0 Å². The molecular formula is C25H23NO2S. The number of ether oxygens (including phenoxy) is 2. The van der Waals surface area contributed by atoms with Crippen LogP contribution in [0.15, 0.2) is 66.7 Å². The summed E-state index contributed by atoms with van der Waals surface area (Å²) in [6.07, 6.45) is 5.25. The van der Waals surface area contributed by atoms with Crippen LogP contribution in [0.3, 0.4) is 0 Å². The topological polar surface area (TPSA) is 31.4 Å². The highest BCUT2D eigenvalue weighted by atomic mass is 32.1. The second-order valence-electron chi connectivity index (χ2n) is 6.73. The predicted molar refractivity (Wildman–Crippen MR) is 123 cm³/mol. The zero-order valence-electron chi connectivity index (χ0n) is 16.6. The summed E-state index contributed by atoms with van der Waals surface area (Å²) in [7, 11) is 1.68. The Kier molecular flexibility index (Phi) is 5.92. The molecule has 0 radical (unpaired) electrons. The van der Waals surface area contributed by atoms with Crippen molar-refractivity contribution in [3.63, 3.8) is 0 Å². The number of hydrogen-bond acceptors (Lipinski definition) is 4. The van der Waals surface area contributed by atoms with E-state index < -0.39 is 0 Å². The van der Waals surface area contributed by atoms with E-state index in [1.54, 1.807) is 18.4 Å². The number of hydrogen-bond donors (Lipinski definition) is 0. The molecule has 3 nitrogen and oxygen atoms in total. The van der Waals surface area contributed by atoms with E-state index >= 15 is 0 Å². The van der Waals surface area contributed by atoms with Gasteiger partial charge in [-0.2, -0.15) is 0 Å². The summed E-state index contributed by atoms with van der Waals surface area (Å²) in [6.45, 7) is 2.86. The molecule has 0 saturated carbocycles. The van der Waals surface area contributed by atoms with Crippen LogP contribution in [0.1, 0.15) is 24.5 Å². The van der Waals surface area contributed by atoms with Crippen LogP contribution in [0.25, 0.3) is 32.9 Å². The van der Waals surface area contributed by atoms with Crippen LogP contribution < -0.4 is 9.47 Å². The monoisotopic (exact) mass is 401 g/mol. The van der Waals surface area contributed by atoms with Gasteiger partial charge in [0, 0.05) is 5.56 Å². The highest BCUT2D eigenvalue weighted by Crippen LogP contribution is 2.32. The van der Waals surface area contributed by atoms with Crippen molar-refractivity contribution in [2.75, 3.05) is 13.7 Å². The first-order chi connectivity index (χ1) is 14.2. The minimum absolute atomic E-state index is 0.754. The Hall–Kier alpha value is -3.11. The zero-order chi connectivity index (χ0) is 20.1. The number of aromatic nitrogens is 1. The van der Waals surface area contributed by atoms with Crippen molar-refractivity contribution >= 4 is 33.7 Å². The maximum Gasteiger partial charge on any atom is 0.124 e. The Morgan fingerprint density at radius 3 is 2.17 bits per heavy atom. The van der Waals surface area contributed by atoms with Gasteiger partial charge in [-0.05, 0) is 47.9 Å².